The Balaban J connectivity index is 1.64. The predicted molar refractivity (Wildman–Crippen MR) is 92.6 cm³/mol. The standard InChI is InChI=1S/C18H24N2O3S/c21-17-12-14-11-16(10-13-6-5-9-20(17)18(13)14)24(22,23)19-15-7-3-1-2-4-8-15/h10-11,15,19H,1-9,12H2. The molecule has 5 nitrogen and oxygen atoms in total. The highest BCUT2D eigenvalue weighted by atomic mass is 32.2. The van der Waals surface area contributed by atoms with Crippen LogP contribution in [0.4, 0.5) is 5.69 Å². The van der Waals surface area contributed by atoms with E-state index in [1.54, 1.807) is 12.1 Å². The van der Waals surface area contributed by atoms with Crippen molar-refractivity contribution in [3.63, 3.8) is 0 Å². The summed E-state index contributed by atoms with van der Waals surface area (Å²) in [5, 5.41) is 0. The molecular weight excluding hydrogens is 324 g/mol. The van der Waals surface area contributed by atoms with E-state index in [-0.39, 0.29) is 11.9 Å². The van der Waals surface area contributed by atoms with Crippen LogP contribution >= 0.6 is 0 Å². The predicted octanol–water partition coefficient (Wildman–Crippen LogP) is 2.52. The van der Waals surface area contributed by atoms with Gasteiger partial charge in [0.25, 0.3) is 0 Å². The lowest BCUT2D eigenvalue weighted by molar-refractivity contribution is -0.117. The van der Waals surface area contributed by atoms with Crippen molar-refractivity contribution in [2.75, 3.05) is 11.4 Å². The zero-order valence-electron chi connectivity index (χ0n) is 13.9. The Labute approximate surface area is 143 Å². The number of carbonyl (C=O) groups is 1. The highest BCUT2D eigenvalue weighted by Gasteiger charge is 2.34. The minimum Gasteiger partial charge on any atom is -0.312 e. The van der Waals surface area contributed by atoms with Gasteiger partial charge in [0.05, 0.1) is 17.0 Å². The van der Waals surface area contributed by atoms with Gasteiger partial charge in [0, 0.05) is 12.6 Å². The van der Waals surface area contributed by atoms with Crippen molar-refractivity contribution in [1.29, 1.82) is 0 Å². The first-order chi connectivity index (χ1) is 11.5. The van der Waals surface area contributed by atoms with E-state index in [9.17, 15) is 13.2 Å². The van der Waals surface area contributed by atoms with E-state index in [2.05, 4.69) is 4.72 Å². The maximum Gasteiger partial charge on any atom is 0.240 e. The lowest BCUT2D eigenvalue weighted by Crippen LogP contribution is -2.34. The Morgan fingerprint density at radius 2 is 1.71 bits per heavy atom. The van der Waals surface area contributed by atoms with Crippen LogP contribution in [0.25, 0.3) is 0 Å². The Kier molecular flexibility index (Phi) is 4.12. The number of hydrogen-bond donors (Lipinski definition) is 1. The summed E-state index contributed by atoms with van der Waals surface area (Å²) in [5.74, 6) is 0.0947. The molecular formula is C18H24N2O3S. The third-order valence-electron chi connectivity index (χ3n) is 5.47. The van der Waals surface area contributed by atoms with Crippen molar-refractivity contribution in [3.8, 4) is 0 Å². The van der Waals surface area contributed by atoms with E-state index < -0.39 is 10.0 Å². The van der Waals surface area contributed by atoms with Gasteiger partial charge in [-0.25, -0.2) is 13.1 Å². The molecule has 24 heavy (non-hydrogen) atoms. The number of hydrogen-bond acceptors (Lipinski definition) is 3. The van der Waals surface area contributed by atoms with Crippen LogP contribution in [0.5, 0.6) is 0 Å². The van der Waals surface area contributed by atoms with Crippen LogP contribution in [0.3, 0.4) is 0 Å². The van der Waals surface area contributed by atoms with Crippen molar-refractivity contribution in [3.05, 3.63) is 23.3 Å². The molecule has 1 N–H and O–H groups in total. The van der Waals surface area contributed by atoms with Crippen LogP contribution in [0.1, 0.15) is 56.1 Å². The second-order valence-corrected chi connectivity index (χ2v) is 8.94. The van der Waals surface area contributed by atoms with Gasteiger partial charge >= 0.3 is 0 Å². The van der Waals surface area contributed by atoms with E-state index >= 15 is 0 Å². The minimum atomic E-state index is -3.52. The molecule has 0 radical (unpaired) electrons. The molecule has 2 aliphatic heterocycles. The molecule has 0 unspecified atom stereocenters. The van der Waals surface area contributed by atoms with Gasteiger partial charge in [0.15, 0.2) is 0 Å². The monoisotopic (exact) mass is 348 g/mol. The number of sulfonamides is 1. The number of carbonyl (C=O) groups excluding carboxylic acids is 1. The molecule has 0 atom stereocenters. The highest BCUT2D eigenvalue weighted by Crippen LogP contribution is 2.38. The maximum absolute atomic E-state index is 12.9. The summed E-state index contributed by atoms with van der Waals surface area (Å²) in [6.07, 6.45) is 8.48. The lowest BCUT2D eigenvalue weighted by Gasteiger charge is -2.26. The van der Waals surface area contributed by atoms with Gasteiger partial charge < -0.3 is 4.90 Å². The number of benzene rings is 1. The summed E-state index contributed by atoms with van der Waals surface area (Å²) in [5.41, 5.74) is 2.85. The molecule has 1 aromatic rings. The summed E-state index contributed by atoms with van der Waals surface area (Å²) >= 11 is 0. The zero-order chi connectivity index (χ0) is 16.7. The van der Waals surface area contributed by atoms with Crippen LogP contribution in [-0.4, -0.2) is 26.9 Å². The summed E-state index contributed by atoms with van der Waals surface area (Å²) in [6.45, 7) is 0.755. The van der Waals surface area contributed by atoms with Crippen molar-refractivity contribution in [2.45, 2.75) is 68.7 Å². The SMILES string of the molecule is O=C1Cc2cc(S(=O)(=O)NC3CCCCCC3)cc3c2N1CCC3. The number of amides is 1. The average molecular weight is 348 g/mol. The fourth-order valence-electron chi connectivity index (χ4n) is 4.29. The molecule has 1 saturated carbocycles. The molecule has 130 valence electrons. The van der Waals surface area contributed by atoms with Crippen molar-refractivity contribution < 1.29 is 13.2 Å². The molecule has 3 aliphatic rings. The summed E-state index contributed by atoms with van der Waals surface area (Å²) in [6, 6.07) is 3.53. The summed E-state index contributed by atoms with van der Waals surface area (Å²) in [7, 11) is -3.52. The van der Waals surface area contributed by atoms with Crippen LogP contribution in [0.2, 0.25) is 0 Å². The molecule has 0 saturated heterocycles. The Morgan fingerprint density at radius 1 is 1.00 bits per heavy atom. The molecule has 1 fully saturated rings. The largest absolute Gasteiger partial charge is 0.312 e. The van der Waals surface area contributed by atoms with E-state index in [0.717, 1.165) is 61.9 Å². The van der Waals surface area contributed by atoms with Crippen LogP contribution in [0.15, 0.2) is 17.0 Å². The van der Waals surface area contributed by atoms with E-state index in [0.29, 0.717) is 11.3 Å². The molecule has 1 aromatic carbocycles. The fourth-order valence-corrected chi connectivity index (χ4v) is 5.69. The molecule has 2 heterocycles. The minimum absolute atomic E-state index is 0.0419. The maximum atomic E-state index is 12.9. The van der Waals surface area contributed by atoms with Gasteiger partial charge in [-0.1, -0.05) is 25.7 Å². The number of rotatable bonds is 3. The topological polar surface area (TPSA) is 66.5 Å². The molecule has 0 bridgehead atoms. The average Bonchev–Trinajstić information content (AvgIpc) is 2.73. The van der Waals surface area contributed by atoms with E-state index in [4.69, 9.17) is 0 Å². The molecule has 1 amide bonds. The Morgan fingerprint density at radius 3 is 2.46 bits per heavy atom. The van der Waals surface area contributed by atoms with Crippen LogP contribution < -0.4 is 9.62 Å². The number of anilines is 1. The van der Waals surface area contributed by atoms with Gasteiger partial charge in [0.2, 0.25) is 15.9 Å². The van der Waals surface area contributed by atoms with Crippen LogP contribution in [0, 0.1) is 0 Å². The number of nitrogens with one attached hydrogen (secondary N) is 1. The summed E-state index contributed by atoms with van der Waals surface area (Å²) < 4.78 is 28.6. The second-order valence-electron chi connectivity index (χ2n) is 7.23. The number of nitrogens with zero attached hydrogens (tertiary/aromatic N) is 1. The smallest absolute Gasteiger partial charge is 0.240 e. The Hall–Kier alpha value is -1.40. The van der Waals surface area contributed by atoms with Gasteiger partial charge in [-0.15, -0.1) is 0 Å². The van der Waals surface area contributed by atoms with Crippen molar-refractivity contribution >= 4 is 21.6 Å². The lowest BCUT2D eigenvalue weighted by atomic mass is 10.0. The molecule has 0 aromatic heterocycles. The first-order valence-electron chi connectivity index (χ1n) is 9.03. The fraction of sp³-hybridized carbons (Fsp3) is 0.611. The first kappa shape index (κ1) is 16.1. The van der Waals surface area contributed by atoms with Gasteiger partial charge in [-0.2, -0.15) is 0 Å². The Bertz CT molecular complexity index is 765. The second kappa shape index (κ2) is 6.15. The third-order valence-corrected chi connectivity index (χ3v) is 6.97. The molecule has 4 rings (SSSR count). The zero-order valence-corrected chi connectivity index (χ0v) is 14.7. The van der Waals surface area contributed by atoms with E-state index in [1.165, 1.54) is 12.8 Å². The highest BCUT2D eigenvalue weighted by molar-refractivity contribution is 7.89. The molecule has 1 aliphatic carbocycles. The van der Waals surface area contributed by atoms with Gasteiger partial charge in [0.1, 0.15) is 0 Å². The molecule has 6 heteroatoms. The summed E-state index contributed by atoms with van der Waals surface area (Å²) in [4.78, 5) is 14.3. The van der Waals surface area contributed by atoms with Gasteiger partial charge in [-0.05, 0) is 48.9 Å². The van der Waals surface area contributed by atoms with Crippen LogP contribution in [-0.2, 0) is 27.7 Å². The van der Waals surface area contributed by atoms with E-state index in [1.807, 2.05) is 4.90 Å². The first-order valence-corrected chi connectivity index (χ1v) is 10.5. The quantitative estimate of drug-likeness (QED) is 0.854. The third kappa shape index (κ3) is 2.86. The van der Waals surface area contributed by atoms with Crippen molar-refractivity contribution in [2.24, 2.45) is 0 Å². The molecule has 0 spiro atoms. The van der Waals surface area contributed by atoms with Gasteiger partial charge in [-0.3, -0.25) is 4.79 Å². The normalized spacial score (nSPS) is 21.7. The number of aryl methyl sites for hydroxylation is 1. The van der Waals surface area contributed by atoms with Crippen molar-refractivity contribution in [1.82, 2.24) is 4.72 Å².